The van der Waals surface area contributed by atoms with E-state index in [2.05, 4.69) is 15.6 Å². The molecule has 3 heterocycles. The topological polar surface area (TPSA) is 177 Å². The van der Waals surface area contributed by atoms with E-state index in [1.54, 1.807) is 39.0 Å². The average Bonchev–Trinajstić information content (AvgIpc) is 3.92. The number of amides is 5. The number of nitrogens with zero attached hydrogens (tertiary/aromatic N) is 4. The fraction of sp³-hybridized carbons (Fsp3) is 0.634. The van der Waals surface area contributed by atoms with Gasteiger partial charge in [0.25, 0.3) is 11.8 Å². The molecule has 15 heteroatoms. The Hall–Kier alpha value is -4.95. The molecule has 4 aliphatic rings. The summed E-state index contributed by atoms with van der Waals surface area (Å²) in [6.45, 7) is 3.83. The van der Waals surface area contributed by atoms with Gasteiger partial charge in [-0.1, -0.05) is 38.3 Å². The molecular weight excluding hydrogens is 720 g/mol. The number of nitrogens with one attached hydrogen (secondary N) is 2. The van der Waals surface area contributed by atoms with Gasteiger partial charge in [0, 0.05) is 56.6 Å². The van der Waals surface area contributed by atoms with Gasteiger partial charge in [-0.3, -0.25) is 24.0 Å². The lowest BCUT2D eigenvalue weighted by Gasteiger charge is -2.36. The molecule has 2 saturated heterocycles. The number of benzene rings is 1. The standard InChI is InChI=1S/C41H56N6O9/c1-2-3-24-54-41(53)46-22-20-45(21-23-46)40(52)32(17-18-37(49)56-26-28-10-4-5-11-28)44-38(50)33-25-35(30-14-6-7-15-31(30)43-33)55-27-36(48)47-19-9-16-34(47)39(51)42-29-12-8-13-29/h6-7,14-15,25,28-29,32,34H,2-5,8-13,16-24,26-27H2,1H3,(H,42,51)(H,44,50)/t32-,34-/m0/s1. The minimum Gasteiger partial charge on any atom is -0.483 e. The fourth-order valence-electron chi connectivity index (χ4n) is 7.73. The summed E-state index contributed by atoms with van der Waals surface area (Å²) in [7, 11) is 0. The lowest BCUT2D eigenvalue weighted by Crippen LogP contribution is -2.56. The number of para-hydroxylation sites is 1. The van der Waals surface area contributed by atoms with Gasteiger partial charge in [0.1, 0.15) is 23.5 Å². The molecule has 2 aliphatic carbocycles. The first-order valence-electron chi connectivity index (χ1n) is 20.5. The Bertz CT molecular complexity index is 1720. The first kappa shape index (κ1) is 40.7. The Kier molecular flexibility index (Phi) is 14.4. The SMILES string of the molecule is CCCCOC(=O)N1CCN(C(=O)[C@H](CCC(=O)OCC2CCCC2)NC(=O)c2cc(OCC(=O)N3CCC[C@H]3C(=O)NC3CCC3)c3ccccc3n2)CC1. The highest BCUT2D eigenvalue weighted by molar-refractivity contribution is 5.99. The summed E-state index contributed by atoms with van der Waals surface area (Å²) < 4.78 is 16.9. The number of carbonyl (C=O) groups is 6. The number of ether oxygens (including phenoxy) is 3. The van der Waals surface area contributed by atoms with Crippen molar-refractivity contribution in [3.05, 3.63) is 36.0 Å². The second kappa shape index (κ2) is 19.8. The van der Waals surface area contributed by atoms with Crippen LogP contribution in [0, 0.1) is 5.92 Å². The summed E-state index contributed by atoms with van der Waals surface area (Å²) in [6, 6.07) is 7.05. The van der Waals surface area contributed by atoms with E-state index in [4.69, 9.17) is 14.2 Å². The Morgan fingerprint density at radius 1 is 0.875 bits per heavy atom. The summed E-state index contributed by atoms with van der Waals surface area (Å²) in [4.78, 5) is 88.9. The number of unbranched alkanes of at least 4 members (excludes halogenated alkanes) is 1. The number of hydrogen-bond donors (Lipinski definition) is 2. The van der Waals surface area contributed by atoms with E-state index in [9.17, 15) is 28.8 Å². The van der Waals surface area contributed by atoms with Crippen molar-refractivity contribution in [3.63, 3.8) is 0 Å². The normalized spacial score (nSPS) is 19.3. The third kappa shape index (κ3) is 10.7. The van der Waals surface area contributed by atoms with Crippen LogP contribution in [0.3, 0.4) is 0 Å². The molecule has 0 spiro atoms. The van der Waals surface area contributed by atoms with Gasteiger partial charge in [0.05, 0.1) is 18.7 Å². The maximum absolute atomic E-state index is 14.0. The van der Waals surface area contributed by atoms with Crippen molar-refractivity contribution in [2.45, 2.75) is 109 Å². The second-order valence-electron chi connectivity index (χ2n) is 15.4. The third-order valence-electron chi connectivity index (χ3n) is 11.4. The largest absolute Gasteiger partial charge is 0.483 e. The van der Waals surface area contributed by atoms with Crippen LogP contribution < -0.4 is 15.4 Å². The van der Waals surface area contributed by atoms with Crippen molar-refractivity contribution in [2.24, 2.45) is 5.92 Å². The highest BCUT2D eigenvalue weighted by atomic mass is 16.6. The van der Waals surface area contributed by atoms with Crippen molar-refractivity contribution in [2.75, 3.05) is 52.5 Å². The summed E-state index contributed by atoms with van der Waals surface area (Å²) in [6.07, 6.45) is 9.79. The molecule has 0 radical (unpaired) electrons. The maximum atomic E-state index is 14.0. The number of hydrogen-bond acceptors (Lipinski definition) is 10. The van der Waals surface area contributed by atoms with Crippen LogP contribution in [-0.2, 0) is 28.7 Å². The predicted molar refractivity (Wildman–Crippen MR) is 206 cm³/mol. The minimum atomic E-state index is -1.08. The van der Waals surface area contributed by atoms with Crippen molar-refractivity contribution >= 4 is 46.6 Å². The molecule has 1 aromatic heterocycles. The minimum absolute atomic E-state index is 0.00408. The monoisotopic (exact) mass is 776 g/mol. The van der Waals surface area contributed by atoms with Crippen LogP contribution in [0.5, 0.6) is 5.75 Å². The molecular formula is C41H56N6O9. The molecule has 15 nitrogen and oxygen atoms in total. The molecule has 304 valence electrons. The number of piperazine rings is 1. The molecule has 4 fully saturated rings. The molecule has 2 atom stereocenters. The summed E-state index contributed by atoms with van der Waals surface area (Å²) in [5.74, 6) is -1.34. The Balaban J connectivity index is 1.12. The smallest absolute Gasteiger partial charge is 0.409 e. The van der Waals surface area contributed by atoms with E-state index < -0.39 is 30.1 Å². The van der Waals surface area contributed by atoms with Gasteiger partial charge in [-0.15, -0.1) is 0 Å². The second-order valence-corrected chi connectivity index (χ2v) is 15.4. The van der Waals surface area contributed by atoms with Crippen LogP contribution in [-0.4, -0.2) is 126 Å². The van der Waals surface area contributed by atoms with Gasteiger partial charge in [-0.2, -0.15) is 0 Å². The van der Waals surface area contributed by atoms with E-state index in [0.717, 1.165) is 64.2 Å². The van der Waals surface area contributed by atoms with E-state index >= 15 is 0 Å². The van der Waals surface area contributed by atoms with Crippen LogP contribution >= 0.6 is 0 Å². The summed E-state index contributed by atoms with van der Waals surface area (Å²) >= 11 is 0. The highest BCUT2D eigenvalue weighted by Crippen LogP contribution is 2.28. The number of aromatic nitrogens is 1. The maximum Gasteiger partial charge on any atom is 0.409 e. The average molecular weight is 777 g/mol. The van der Waals surface area contributed by atoms with Gasteiger partial charge in [0.15, 0.2) is 6.61 Å². The fourth-order valence-corrected chi connectivity index (χ4v) is 7.73. The molecule has 2 aliphatic heterocycles. The van der Waals surface area contributed by atoms with Crippen LogP contribution in [0.1, 0.15) is 101 Å². The molecule has 2 aromatic rings. The van der Waals surface area contributed by atoms with Crippen LogP contribution in [0.25, 0.3) is 10.9 Å². The zero-order valence-corrected chi connectivity index (χ0v) is 32.5. The number of pyridine rings is 1. The van der Waals surface area contributed by atoms with Gasteiger partial charge in [-0.25, -0.2) is 9.78 Å². The number of carbonyl (C=O) groups excluding carboxylic acids is 6. The first-order valence-corrected chi connectivity index (χ1v) is 20.5. The van der Waals surface area contributed by atoms with Crippen molar-refractivity contribution in [3.8, 4) is 5.75 Å². The Labute approximate surface area is 328 Å². The molecule has 0 bridgehead atoms. The quantitative estimate of drug-likeness (QED) is 0.188. The third-order valence-corrected chi connectivity index (χ3v) is 11.4. The summed E-state index contributed by atoms with van der Waals surface area (Å²) in [5, 5.41) is 6.45. The Morgan fingerprint density at radius 3 is 2.36 bits per heavy atom. The van der Waals surface area contributed by atoms with E-state index in [0.29, 0.717) is 43.0 Å². The molecule has 6 rings (SSSR count). The number of rotatable bonds is 16. The molecule has 56 heavy (non-hydrogen) atoms. The van der Waals surface area contributed by atoms with Crippen LogP contribution in [0.2, 0.25) is 0 Å². The van der Waals surface area contributed by atoms with E-state index in [1.165, 1.54) is 6.07 Å². The van der Waals surface area contributed by atoms with Gasteiger partial charge >= 0.3 is 12.1 Å². The molecule has 1 aromatic carbocycles. The van der Waals surface area contributed by atoms with Crippen molar-refractivity contribution < 1.29 is 43.0 Å². The number of fused-ring (bicyclic) bond motifs is 1. The molecule has 5 amide bonds. The highest BCUT2D eigenvalue weighted by Gasteiger charge is 2.36. The predicted octanol–water partition coefficient (Wildman–Crippen LogP) is 3.97. The van der Waals surface area contributed by atoms with Gasteiger partial charge < -0.3 is 39.5 Å². The van der Waals surface area contributed by atoms with Crippen molar-refractivity contribution in [1.82, 2.24) is 30.3 Å². The Morgan fingerprint density at radius 2 is 1.62 bits per heavy atom. The van der Waals surface area contributed by atoms with E-state index in [1.807, 2.05) is 6.92 Å². The molecule has 2 saturated carbocycles. The van der Waals surface area contributed by atoms with Crippen LogP contribution in [0.15, 0.2) is 30.3 Å². The lowest BCUT2D eigenvalue weighted by atomic mass is 9.93. The van der Waals surface area contributed by atoms with E-state index in [-0.39, 0.29) is 80.8 Å². The zero-order valence-electron chi connectivity index (χ0n) is 32.5. The number of esters is 1. The first-order chi connectivity index (χ1) is 27.2. The summed E-state index contributed by atoms with van der Waals surface area (Å²) in [5.41, 5.74) is 0.410. The van der Waals surface area contributed by atoms with Crippen molar-refractivity contribution in [1.29, 1.82) is 0 Å². The zero-order chi connectivity index (χ0) is 39.4. The van der Waals surface area contributed by atoms with Gasteiger partial charge in [0.2, 0.25) is 11.8 Å². The molecule has 2 N–H and O–H groups in total. The molecule has 0 unspecified atom stereocenters. The van der Waals surface area contributed by atoms with Crippen LogP contribution in [0.4, 0.5) is 4.79 Å². The van der Waals surface area contributed by atoms with Gasteiger partial charge in [-0.05, 0) is 75.8 Å². The lowest BCUT2D eigenvalue weighted by molar-refractivity contribution is -0.145. The number of likely N-dealkylation sites (tertiary alicyclic amines) is 1.